The van der Waals surface area contributed by atoms with Crippen LogP contribution in [0.3, 0.4) is 0 Å². The molecule has 5 nitrogen and oxygen atoms in total. The minimum Gasteiger partial charge on any atom is -0.394 e. The fourth-order valence-electron chi connectivity index (χ4n) is 1.08. The van der Waals surface area contributed by atoms with E-state index in [4.69, 9.17) is 10.2 Å². The van der Waals surface area contributed by atoms with Crippen LogP contribution >= 0.6 is 0 Å². The summed E-state index contributed by atoms with van der Waals surface area (Å²) in [5, 5.41) is 23.8. The van der Waals surface area contributed by atoms with Gasteiger partial charge in [0.2, 0.25) is 5.91 Å². The second kappa shape index (κ2) is 6.76. The van der Waals surface area contributed by atoms with E-state index in [-0.39, 0.29) is 31.7 Å². The summed E-state index contributed by atoms with van der Waals surface area (Å²) in [6, 6.07) is 0.232. The van der Waals surface area contributed by atoms with Gasteiger partial charge in [-0.05, 0) is 6.42 Å². The van der Waals surface area contributed by atoms with E-state index in [0.717, 1.165) is 0 Å². The molecule has 0 aliphatic rings. The Morgan fingerprint density at radius 3 is 2.20 bits per heavy atom. The maximum Gasteiger partial charge on any atom is 0.234 e. The number of hydrogen-bond acceptors (Lipinski definition) is 4. The van der Waals surface area contributed by atoms with Crippen LogP contribution in [0.15, 0.2) is 0 Å². The number of rotatable bonds is 7. The lowest BCUT2D eigenvalue weighted by Gasteiger charge is -2.29. The summed E-state index contributed by atoms with van der Waals surface area (Å²) in [6.45, 7) is 5.37. The topological polar surface area (TPSA) is 81.6 Å². The predicted molar refractivity (Wildman–Crippen MR) is 58.5 cm³/mol. The number of carbonyl (C=O) groups is 1. The van der Waals surface area contributed by atoms with Crippen LogP contribution in [0.1, 0.15) is 27.2 Å². The van der Waals surface area contributed by atoms with Gasteiger partial charge in [-0.1, -0.05) is 20.8 Å². The zero-order valence-electron chi connectivity index (χ0n) is 9.71. The molecule has 0 heterocycles. The summed E-state index contributed by atoms with van der Waals surface area (Å²) in [4.78, 5) is 11.4. The smallest absolute Gasteiger partial charge is 0.234 e. The van der Waals surface area contributed by atoms with E-state index < -0.39 is 5.54 Å². The minimum absolute atomic E-state index is 0.194. The second-order valence-corrected chi connectivity index (χ2v) is 4.03. The molecule has 0 spiro atoms. The molecule has 15 heavy (non-hydrogen) atoms. The maximum absolute atomic E-state index is 11.4. The average molecular weight is 218 g/mol. The van der Waals surface area contributed by atoms with Crippen LogP contribution in [0.5, 0.6) is 0 Å². The van der Waals surface area contributed by atoms with Gasteiger partial charge < -0.3 is 20.8 Å². The molecule has 90 valence electrons. The van der Waals surface area contributed by atoms with Crippen LogP contribution in [0.4, 0.5) is 0 Å². The SMILES string of the molecule is CCC(CO)(CO)NC(=O)CNC(C)C. The van der Waals surface area contributed by atoms with Crippen LogP contribution < -0.4 is 10.6 Å². The van der Waals surface area contributed by atoms with Crippen LogP contribution in [0.25, 0.3) is 0 Å². The highest BCUT2D eigenvalue weighted by atomic mass is 16.3. The summed E-state index contributed by atoms with van der Waals surface area (Å²) in [5.74, 6) is -0.214. The Morgan fingerprint density at radius 1 is 1.33 bits per heavy atom. The average Bonchev–Trinajstić information content (AvgIpc) is 2.23. The Bertz CT molecular complexity index is 183. The molecule has 0 radical (unpaired) electrons. The van der Waals surface area contributed by atoms with Gasteiger partial charge in [-0.3, -0.25) is 4.79 Å². The Hall–Kier alpha value is -0.650. The monoisotopic (exact) mass is 218 g/mol. The van der Waals surface area contributed by atoms with Crippen molar-refractivity contribution in [2.24, 2.45) is 0 Å². The normalized spacial score (nSPS) is 11.9. The van der Waals surface area contributed by atoms with Crippen molar-refractivity contribution in [3.8, 4) is 0 Å². The van der Waals surface area contributed by atoms with Gasteiger partial charge in [0.25, 0.3) is 0 Å². The van der Waals surface area contributed by atoms with E-state index in [1.165, 1.54) is 0 Å². The van der Waals surface area contributed by atoms with Gasteiger partial charge in [0.05, 0.1) is 25.3 Å². The highest BCUT2D eigenvalue weighted by Gasteiger charge is 2.28. The highest BCUT2D eigenvalue weighted by Crippen LogP contribution is 2.07. The molecule has 0 aliphatic heterocycles. The van der Waals surface area contributed by atoms with Gasteiger partial charge >= 0.3 is 0 Å². The van der Waals surface area contributed by atoms with Crippen molar-refractivity contribution in [2.75, 3.05) is 19.8 Å². The second-order valence-electron chi connectivity index (χ2n) is 4.03. The Morgan fingerprint density at radius 2 is 1.87 bits per heavy atom. The molecule has 0 unspecified atom stereocenters. The Kier molecular flexibility index (Phi) is 6.47. The quantitative estimate of drug-likeness (QED) is 0.452. The molecular weight excluding hydrogens is 196 g/mol. The van der Waals surface area contributed by atoms with Crippen molar-refractivity contribution >= 4 is 5.91 Å². The third kappa shape index (κ3) is 5.11. The molecule has 0 saturated carbocycles. The summed E-state index contributed by atoms with van der Waals surface area (Å²) in [7, 11) is 0. The number of nitrogens with one attached hydrogen (secondary N) is 2. The van der Waals surface area contributed by atoms with Crippen molar-refractivity contribution in [1.82, 2.24) is 10.6 Å². The van der Waals surface area contributed by atoms with E-state index >= 15 is 0 Å². The molecule has 0 aromatic rings. The lowest BCUT2D eigenvalue weighted by atomic mass is 9.98. The van der Waals surface area contributed by atoms with Crippen LogP contribution in [-0.4, -0.2) is 47.5 Å². The number of aliphatic hydroxyl groups excluding tert-OH is 2. The van der Waals surface area contributed by atoms with E-state index in [1.807, 2.05) is 20.8 Å². The lowest BCUT2D eigenvalue weighted by Crippen LogP contribution is -2.55. The van der Waals surface area contributed by atoms with Crippen molar-refractivity contribution < 1.29 is 15.0 Å². The van der Waals surface area contributed by atoms with E-state index in [2.05, 4.69) is 10.6 Å². The van der Waals surface area contributed by atoms with Crippen LogP contribution in [0, 0.1) is 0 Å². The van der Waals surface area contributed by atoms with E-state index in [0.29, 0.717) is 6.42 Å². The molecule has 0 saturated heterocycles. The molecule has 5 heteroatoms. The molecule has 0 aromatic heterocycles. The molecule has 0 rings (SSSR count). The number of amides is 1. The third-order valence-corrected chi connectivity index (χ3v) is 2.36. The molecule has 0 fully saturated rings. The largest absolute Gasteiger partial charge is 0.394 e. The third-order valence-electron chi connectivity index (χ3n) is 2.36. The Balaban J connectivity index is 4.11. The van der Waals surface area contributed by atoms with Gasteiger partial charge in [0.15, 0.2) is 0 Å². The fraction of sp³-hybridized carbons (Fsp3) is 0.900. The molecule has 4 N–H and O–H groups in total. The number of carbonyl (C=O) groups excluding carboxylic acids is 1. The molecule has 0 aromatic carbocycles. The van der Waals surface area contributed by atoms with Crippen molar-refractivity contribution in [3.63, 3.8) is 0 Å². The summed E-state index contributed by atoms with van der Waals surface area (Å²) in [5.41, 5.74) is -0.893. The van der Waals surface area contributed by atoms with Gasteiger partial charge in [-0.15, -0.1) is 0 Å². The fourth-order valence-corrected chi connectivity index (χ4v) is 1.08. The lowest BCUT2D eigenvalue weighted by molar-refractivity contribution is -0.123. The van der Waals surface area contributed by atoms with Crippen LogP contribution in [0.2, 0.25) is 0 Å². The predicted octanol–water partition coefficient (Wildman–Crippen LogP) is -0.766. The maximum atomic E-state index is 11.4. The van der Waals surface area contributed by atoms with Crippen LogP contribution in [-0.2, 0) is 4.79 Å². The summed E-state index contributed by atoms with van der Waals surface area (Å²) < 4.78 is 0. The summed E-state index contributed by atoms with van der Waals surface area (Å²) >= 11 is 0. The van der Waals surface area contributed by atoms with E-state index in [1.54, 1.807) is 0 Å². The first-order valence-corrected chi connectivity index (χ1v) is 5.25. The molecule has 1 amide bonds. The standard InChI is InChI=1S/C10H22N2O3/c1-4-10(6-13,7-14)12-9(15)5-11-8(2)3/h8,11,13-14H,4-7H2,1-3H3,(H,12,15). The first kappa shape index (κ1) is 14.3. The first-order chi connectivity index (χ1) is 6.99. The Labute approximate surface area is 90.9 Å². The van der Waals surface area contributed by atoms with Gasteiger partial charge in [-0.2, -0.15) is 0 Å². The minimum atomic E-state index is -0.893. The van der Waals surface area contributed by atoms with Gasteiger partial charge in [0.1, 0.15) is 0 Å². The van der Waals surface area contributed by atoms with Gasteiger partial charge in [-0.25, -0.2) is 0 Å². The van der Waals surface area contributed by atoms with E-state index in [9.17, 15) is 4.79 Å². The summed E-state index contributed by atoms with van der Waals surface area (Å²) in [6.07, 6.45) is 0.493. The van der Waals surface area contributed by atoms with Crippen molar-refractivity contribution in [2.45, 2.75) is 38.8 Å². The molecular formula is C10H22N2O3. The van der Waals surface area contributed by atoms with Crippen molar-refractivity contribution in [1.29, 1.82) is 0 Å². The van der Waals surface area contributed by atoms with Gasteiger partial charge in [0, 0.05) is 6.04 Å². The number of aliphatic hydroxyl groups is 2. The highest BCUT2D eigenvalue weighted by molar-refractivity contribution is 5.78. The first-order valence-electron chi connectivity index (χ1n) is 5.25. The zero-order chi connectivity index (χ0) is 11.9. The van der Waals surface area contributed by atoms with Crippen molar-refractivity contribution in [3.05, 3.63) is 0 Å². The molecule has 0 bridgehead atoms. The molecule has 0 atom stereocenters. The molecule has 0 aliphatic carbocycles. The number of hydrogen-bond donors (Lipinski definition) is 4. The zero-order valence-corrected chi connectivity index (χ0v) is 9.71.